The maximum Gasteiger partial charge on any atom is 0.312 e. The third-order valence-corrected chi connectivity index (χ3v) is 6.92. The molecule has 7 amide bonds. The zero-order chi connectivity index (χ0) is 31.9. The number of nitrogens with one attached hydrogen (secondary N) is 4. The molecule has 1 aromatic rings. The minimum absolute atomic E-state index is 0.173. The minimum Gasteiger partial charge on any atom is -0.352 e. The molecular weight excluding hydrogens is 552 g/mol. The molecule has 1 heterocycles. The highest BCUT2D eigenvalue weighted by Gasteiger charge is 2.29. The molecule has 0 saturated heterocycles. The van der Waals surface area contributed by atoms with E-state index >= 15 is 0 Å². The highest BCUT2D eigenvalue weighted by Crippen LogP contribution is 2.15. The first-order valence-corrected chi connectivity index (χ1v) is 14.9. The number of amides is 7. The summed E-state index contributed by atoms with van der Waals surface area (Å²) in [6, 6.07) is 5.08. The van der Waals surface area contributed by atoms with Gasteiger partial charge in [0, 0.05) is 37.3 Å². The van der Waals surface area contributed by atoms with E-state index in [0.29, 0.717) is 43.8 Å². The van der Waals surface area contributed by atoms with Crippen LogP contribution in [0, 0.1) is 11.8 Å². The molecule has 236 valence electrons. The van der Waals surface area contributed by atoms with E-state index in [-0.39, 0.29) is 43.0 Å². The molecule has 12 heteroatoms. The molecule has 1 aliphatic rings. The zero-order valence-corrected chi connectivity index (χ0v) is 25.6. The number of primary amides is 1. The largest absolute Gasteiger partial charge is 0.352 e. The third-order valence-electron chi connectivity index (χ3n) is 6.92. The highest BCUT2D eigenvalue weighted by molar-refractivity contribution is 6.12. The summed E-state index contributed by atoms with van der Waals surface area (Å²) in [5, 5.41) is 10.9. The van der Waals surface area contributed by atoms with Crippen LogP contribution < -0.4 is 27.0 Å². The van der Waals surface area contributed by atoms with Gasteiger partial charge in [-0.25, -0.2) is 4.79 Å². The van der Waals surface area contributed by atoms with Crippen LogP contribution in [0.3, 0.4) is 0 Å². The Morgan fingerprint density at radius 3 is 2.07 bits per heavy atom. The number of hydrogen-bond donors (Lipinski definition) is 5. The fourth-order valence-corrected chi connectivity index (χ4v) is 4.64. The fourth-order valence-electron chi connectivity index (χ4n) is 4.64. The summed E-state index contributed by atoms with van der Waals surface area (Å²) >= 11 is 0. The van der Waals surface area contributed by atoms with Gasteiger partial charge in [-0.3, -0.25) is 28.9 Å². The van der Waals surface area contributed by atoms with Gasteiger partial charge in [0.25, 0.3) is 11.8 Å². The Morgan fingerprint density at radius 2 is 1.49 bits per heavy atom. The van der Waals surface area contributed by atoms with Gasteiger partial charge in [0.15, 0.2) is 0 Å². The smallest absolute Gasteiger partial charge is 0.312 e. The van der Waals surface area contributed by atoms with Crippen molar-refractivity contribution in [2.45, 2.75) is 84.7 Å². The Labute approximate surface area is 253 Å². The van der Waals surface area contributed by atoms with Crippen molar-refractivity contribution in [3.8, 4) is 0 Å². The van der Waals surface area contributed by atoms with Crippen LogP contribution in [0.5, 0.6) is 0 Å². The number of nitrogens with zero attached hydrogens (tertiary/aromatic N) is 1. The predicted molar refractivity (Wildman–Crippen MR) is 163 cm³/mol. The van der Waals surface area contributed by atoms with Gasteiger partial charge < -0.3 is 27.0 Å². The summed E-state index contributed by atoms with van der Waals surface area (Å²) < 4.78 is 0. The number of hydrogen-bond acceptors (Lipinski definition) is 6. The average Bonchev–Trinajstić information content (AvgIpc) is 3.25. The van der Waals surface area contributed by atoms with Crippen LogP contribution in [-0.2, 0) is 30.4 Å². The number of unbranched alkanes of at least 4 members (excludes halogenated alkanes) is 2. The number of imide groups is 1. The predicted octanol–water partition coefficient (Wildman–Crippen LogP) is 2.38. The molecule has 0 aliphatic carbocycles. The lowest BCUT2D eigenvalue weighted by Gasteiger charge is -2.25. The fraction of sp³-hybridized carbons (Fsp3) is 0.548. The highest BCUT2D eigenvalue weighted by atomic mass is 16.2. The number of urea groups is 1. The van der Waals surface area contributed by atoms with Crippen molar-refractivity contribution in [3.05, 3.63) is 42.0 Å². The zero-order valence-electron chi connectivity index (χ0n) is 25.6. The lowest BCUT2D eigenvalue weighted by atomic mass is 10.0. The molecule has 0 unspecified atom stereocenters. The Balaban J connectivity index is 1.94. The number of benzene rings is 1. The van der Waals surface area contributed by atoms with Crippen LogP contribution in [0.1, 0.15) is 71.8 Å². The first-order chi connectivity index (χ1) is 20.4. The van der Waals surface area contributed by atoms with Crippen molar-refractivity contribution in [2.24, 2.45) is 17.6 Å². The number of carbonyl (C=O) groups excluding carboxylic acids is 6. The second-order valence-corrected chi connectivity index (χ2v) is 11.5. The first kappa shape index (κ1) is 35.0. The molecule has 6 N–H and O–H groups in total. The molecule has 12 nitrogen and oxygen atoms in total. The van der Waals surface area contributed by atoms with Gasteiger partial charge in [0.1, 0.15) is 12.1 Å². The van der Waals surface area contributed by atoms with E-state index in [4.69, 9.17) is 5.73 Å². The normalized spacial score (nSPS) is 14.1. The van der Waals surface area contributed by atoms with Gasteiger partial charge in [-0.15, -0.1) is 0 Å². The van der Waals surface area contributed by atoms with Crippen LogP contribution in [0.25, 0.3) is 0 Å². The number of rotatable bonds is 18. The van der Waals surface area contributed by atoms with Gasteiger partial charge in [0.05, 0.1) is 0 Å². The molecule has 0 radical (unpaired) electrons. The maximum atomic E-state index is 13.3. The van der Waals surface area contributed by atoms with E-state index < -0.39 is 29.9 Å². The lowest BCUT2D eigenvalue weighted by molar-refractivity contribution is -0.137. The number of carbonyl (C=O) groups is 6. The summed E-state index contributed by atoms with van der Waals surface area (Å²) in [5.41, 5.74) is 6.88. The van der Waals surface area contributed by atoms with Gasteiger partial charge in [0.2, 0.25) is 17.7 Å². The molecule has 2 atom stereocenters. The molecule has 0 saturated carbocycles. The summed E-state index contributed by atoms with van der Waals surface area (Å²) in [7, 11) is 0. The Bertz CT molecular complexity index is 1150. The van der Waals surface area contributed by atoms with Gasteiger partial charge in [-0.1, -0.05) is 46.2 Å². The molecule has 1 aliphatic heterocycles. The SMILES string of the molecule is CC(C)Cc1ccc(NC(=O)[C@H](CCCNC(N)=O)NC(=O)[C@@H](NC(=O)CCCCCN2C(=O)C=CC2=O)C(C)C)cc1. The molecule has 0 bridgehead atoms. The van der Waals surface area contributed by atoms with Gasteiger partial charge >= 0.3 is 6.03 Å². The van der Waals surface area contributed by atoms with Crippen LogP contribution in [0.15, 0.2) is 36.4 Å². The Kier molecular flexibility index (Phi) is 14.4. The number of nitrogens with two attached hydrogens (primary N) is 1. The van der Waals surface area contributed by atoms with Crippen LogP contribution >= 0.6 is 0 Å². The van der Waals surface area contributed by atoms with E-state index in [9.17, 15) is 28.8 Å². The van der Waals surface area contributed by atoms with Gasteiger partial charge in [-0.05, 0) is 61.6 Å². The summed E-state index contributed by atoms with van der Waals surface area (Å²) in [6.07, 6.45) is 5.92. The summed E-state index contributed by atoms with van der Waals surface area (Å²) in [4.78, 5) is 74.6. The van der Waals surface area contributed by atoms with Crippen LogP contribution in [0.2, 0.25) is 0 Å². The topological polar surface area (TPSA) is 180 Å². The van der Waals surface area contributed by atoms with Crippen LogP contribution in [-0.4, -0.2) is 65.6 Å². The molecule has 0 aromatic heterocycles. The molecule has 0 fully saturated rings. The van der Waals surface area contributed by atoms with Crippen molar-refractivity contribution in [1.82, 2.24) is 20.9 Å². The van der Waals surface area contributed by atoms with Crippen LogP contribution in [0.4, 0.5) is 10.5 Å². The number of anilines is 1. The maximum absolute atomic E-state index is 13.3. The van der Waals surface area contributed by atoms with E-state index in [1.807, 2.05) is 24.3 Å². The van der Waals surface area contributed by atoms with Crippen molar-refractivity contribution >= 4 is 41.3 Å². The van der Waals surface area contributed by atoms with E-state index in [1.165, 1.54) is 12.2 Å². The first-order valence-electron chi connectivity index (χ1n) is 14.9. The molecule has 0 spiro atoms. The molecule has 43 heavy (non-hydrogen) atoms. The summed E-state index contributed by atoms with van der Waals surface area (Å²) in [5.74, 6) is -1.62. The third kappa shape index (κ3) is 12.7. The second kappa shape index (κ2) is 17.7. The second-order valence-electron chi connectivity index (χ2n) is 11.5. The Morgan fingerprint density at radius 1 is 0.837 bits per heavy atom. The van der Waals surface area contributed by atoms with Crippen molar-refractivity contribution < 1.29 is 28.8 Å². The van der Waals surface area contributed by atoms with Crippen molar-refractivity contribution in [3.63, 3.8) is 0 Å². The van der Waals surface area contributed by atoms with E-state index in [2.05, 4.69) is 35.1 Å². The monoisotopic (exact) mass is 598 g/mol. The van der Waals surface area contributed by atoms with Gasteiger partial charge in [-0.2, -0.15) is 0 Å². The van der Waals surface area contributed by atoms with E-state index in [0.717, 1.165) is 16.9 Å². The molecule has 1 aromatic carbocycles. The standard InChI is InChI=1S/C31H46N6O6/c1-20(2)19-22-11-13-23(14-12-22)34-29(41)24(9-8-17-33-31(32)43)35-30(42)28(21(3)4)36-25(38)10-6-5-7-18-37-26(39)15-16-27(37)40/h11-16,20-21,24,28H,5-10,17-19H2,1-4H3,(H,34,41)(H,35,42)(H,36,38)(H3,32,33,43)/t24-,28-/m0/s1. The molecule has 2 rings (SSSR count). The average molecular weight is 599 g/mol. The minimum atomic E-state index is -0.916. The summed E-state index contributed by atoms with van der Waals surface area (Å²) in [6.45, 7) is 8.39. The quantitative estimate of drug-likeness (QED) is 0.128. The molecular formula is C31H46N6O6. The van der Waals surface area contributed by atoms with E-state index in [1.54, 1.807) is 13.8 Å². The lowest BCUT2D eigenvalue weighted by Crippen LogP contribution is -2.54. The van der Waals surface area contributed by atoms with Crippen molar-refractivity contribution in [1.29, 1.82) is 0 Å². The Hall–Kier alpha value is -4.22. The van der Waals surface area contributed by atoms with Crippen molar-refractivity contribution in [2.75, 3.05) is 18.4 Å².